The average Bonchev–Trinajstić information content (AvgIpc) is 2.37. The highest BCUT2D eigenvalue weighted by Gasteiger charge is 2.05. The van der Waals surface area contributed by atoms with Crippen LogP contribution in [0.15, 0.2) is 36.4 Å². The first-order valence-electron chi connectivity index (χ1n) is 5.35. The van der Waals surface area contributed by atoms with Gasteiger partial charge in [-0.1, -0.05) is 24.3 Å². The Hall–Kier alpha value is -2.36. The number of hydrogen-bond acceptors (Lipinski definition) is 2. The van der Waals surface area contributed by atoms with Crippen molar-refractivity contribution in [2.45, 2.75) is 0 Å². The molecule has 0 radical (unpaired) electrons. The Morgan fingerprint density at radius 3 is 2.11 bits per heavy atom. The number of halogens is 2. The number of hydrogen-bond donors (Lipinski definition) is 2. The zero-order valence-electron chi connectivity index (χ0n) is 9.53. The van der Waals surface area contributed by atoms with E-state index in [-0.39, 0.29) is 17.2 Å². The fourth-order valence-corrected chi connectivity index (χ4v) is 1.53. The fourth-order valence-electron chi connectivity index (χ4n) is 1.53. The second-order valence-corrected chi connectivity index (χ2v) is 3.85. The van der Waals surface area contributed by atoms with Crippen LogP contribution in [0.1, 0.15) is 11.1 Å². The molecule has 2 rings (SSSR count). The SMILES string of the molecule is Nc1c(F)ccc(/C=C/c2ccc(F)cc2)c1N. The van der Waals surface area contributed by atoms with E-state index in [0.717, 1.165) is 5.56 Å². The van der Waals surface area contributed by atoms with Gasteiger partial charge in [0.15, 0.2) is 0 Å². The molecule has 0 amide bonds. The van der Waals surface area contributed by atoms with Crippen LogP contribution in [0.3, 0.4) is 0 Å². The predicted octanol–water partition coefficient (Wildman–Crippen LogP) is 3.30. The summed E-state index contributed by atoms with van der Waals surface area (Å²) in [5.74, 6) is -0.830. The summed E-state index contributed by atoms with van der Waals surface area (Å²) in [6.45, 7) is 0. The molecule has 0 atom stereocenters. The highest BCUT2D eigenvalue weighted by Crippen LogP contribution is 2.24. The molecule has 4 N–H and O–H groups in total. The van der Waals surface area contributed by atoms with Gasteiger partial charge in [-0.05, 0) is 35.4 Å². The lowest BCUT2D eigenvalue weighted by Gasteiger charge is -2.05. The maximum atomic E-state index is 13.1. The first kappa shape index (κ1) is 12.1. The van der Waals surface area contributed by atoms with E-state index in [4.69, 9.17) is 11.5 Å². The normalized spacial score (nSPS) is 11.0. The zero-order chi connectivity index (χ0) is 13.1. The Balaban J connectivity index is 2.29. The molecule has 4 heteroatoms. The standard InChI is InChI=1S/C14H12F2N2/c15-11-6-2-9(3-7-11)1-4-10-5-8-12(16)14(18)13(10)17/h1-8H,17-18H2/b4-1+. The highest BCUT2D eigenvalue weighted by atomic mass is 19.1. The van der Waals surface area contributed by atoms with Crippen LogP contribution in [0.25, 0.3) is 12.2 Å². The molecule has 2 nitrogen and oxygen atoms in total. The molecule has 0 aromatic heterocycles. The predicted molar refractivity (Wildman–Crippen MR) is 70.6 cm³/mol. The Morgan fingerprint density at radius 2 is 1.44 bits per heavy atom. The highest BCUT2D eigenvalue weighted by molar-refractivity contribution is 5.81. The van der Waals surface area contributed by atoms with E-state index < -0.39 is 5.82 Å². The molecule has 0 spiro atoms. The summed E-state index contributed by atoms with van der Waals surface area (Å²) in [7, 11) is 0. The van der Waals surface area contributed by atoms with Gasteiger partial charge in [0, 0.05) is 0 Å². The smallest absolute Gasteiger partial charge is 0.148 e. The largest absolute Gasteiger partial charge is 0.396 e. The Morgan fingerprint density at radius 1 is 0.778 bits per heavy atom. The molecule has 0 aliphatic rings. The molecule has 0 fully saturated rings. The minimum absolute atomic E-state index is 0.0590. The van der Waals surface area contributed by atoms with Crippen LogP contribution >= 0.6 is 0 Å². The lowest BCUT2D eigenvalue weighted by molar-refractivity contribution is 0.627. The van der Waals surface area contributed by atoms with Crippen LogP contribution in [-0.4, -0.2) is 0 Å². The Labute approximate surface area is 104 Å². The molecule has 18 heavy (non-hydrogen) atoms. The molecule has 0 heterocycles. The van der Waals surface area contributed by atoms with E-state index in [2.05, 4.69) is 0 Å². The maximum absolute atomic E-state index is 13.1. The molecule has 0 saturated carbocycles. The van der Waals surface area contributed by atoms with Gasteiger partial charge in [0.25, 0.3) is 0 Å². The van der Waals surface area contributed by atoms with E-state index in [1.54, 1.807) is 30.4 Å². The van der Waals surface area contributed by atoms with E-state index in [1.807, 2.05) is 0 Å². The number of nitrogen functional groups attached to an aromatic ring is 2. The van der Waals surface area contributed by atoms with E-state index in [0.29, 0.717) is 5.56 Å². The van der Waals surface area contributed by atoms with Gasteiger partial charge in [-0.2, -0.15) is 0 Å². The second-order valence-electron chi connectivity index (χ2n) is 3.85. The number of rotatable bonds is 2. The second kappa shape index (κ2) is 4.87. The van der Waals surface area contributed by atoms with Crippen molar-refractivity contribution in [3.8, 4) is 0 Å². The van der Waals surface area contributed by atoms with Gasteiger partial charge in [0.05, 0.1) is 11.4 Å². The van der Waals surface area contributed by atoms with Gasteiger partial charge < -0.3 is 11.5 Å². The van der Waals surface area contributed by atoms with Gasteiger partial charge >= 0.3 is 0 Å². The first-order valence-corrected chi connectivity index (χ1v) is 5.35. The number of anilines is 2. The van der Waals surface area contributed by atoms with Crippen LogP contribution < -0.4 is 11.5 Å². The lowest BCUT2D eigenvalue weighted by Crippen LogP contribution is -1.99. The Kier molecular flexibility index (Phi) is 3.28. The summed E-state index contributed by atoms with van der Waals surface area (Å²) in [5, 5.41) is 0. The van der Waals surface area contributed by atoms with E-state index in [9.17, 15) is 8.78 Å². The van der Waals surface area contributed by atoms with Gasteiger partial charge in [0.2, 0.25) is 0 Å². The van der Waals surface area contributed by atoms with Crippen LogP contribution in [0, 0.1) is 11.6 Å². The topological polar surface area (TPSA) is 52.0 Å². The number of nitrogens with two attached hydrogens (primary N) is 2. The molecule has 0 saturated heterocycles. The third-order valence-corrected chi connectivity index (χ3v) is 2.59. The van der Waals surface area contributed by atoms with Crippen molar-refractivity contribution in [1.82, 2.24) is 0 Å². The van der Waals surface area contributed by atoms with Gasteiger partial charge in [0.1, 0.15) is 11.6 Å². The minimum atomic E-state index is -0.536. The third-order valence-electron chi connectivity index (χ3n) is 2.59. The molecule has 2 aromatic carbocycles. The van der Waals surface area contributed by atoms with E-state index >= 15 is 0 Å². The van der Waals surface area contributed by atoms with Crippen molar-refractivity contribution in [3.63, 3.8) is 0 Å². The third kappa shape index (κ3) is 2.48. The molecule has 0 aliphatic carbocycles. The lowest BCUT2D eigenvalue weighted by atomic mass is 10.1. The first-order chi connectivity index (χ1) is 8.58. The van der Waals surface area contributed by atoms with Crippen molar-refractivity contribution in [1.29, 1.82) is 0 Å². The summed E-state index contributed by atoms with van der Waals surface area (Å²) in [6, 6.07) is 8.80. The molecular weight excluding hydrogens is 234 g/mol. The monoisotopic (exact) mass is 246 g/mol. The molecule has 2 aromatic rings. The zero-order valence-corrected chi connectivity index (χ0v) is 9.53. The minimum Gasteiger partial charge on any atom is -0.396 e. The molecule has 0 bridgehead atoms. The molecule has 0 unspecified atom stereocenters. The fraction of sp³-hybridized carbons (Fsp3) is 0. The van der Waals surface area contributed by atoms with Gasteiger partial charge in [-0.15, -0.1) is 0 Å². The van der Waals surface area contributed by atoms with Crippen molar-refractivity contribution in [3.05, 3.63) is 59.2 Å². The summed E-state index contributed by atoms with van der Waals surface area (Å²) in [6.07, 6.45) is 3.46. The average molecular weight is 246 g/mol. The van der Waals surface area contributed by atoms with Crippen LogP contribution in [0.5, 0.6) is 0 Å². The van der Waals surface area contributed by atoms with Gasteiger partial charge in [-0.25, -0.2) is 8.78 Å². The summed E-state index contributed by atoms with van der Waals surface area (Å²) >= 11 is 0. The van der Waals surface area contributed by atoms with Crippen LogP contribution in [0.4, 0.5) is 20.2 Å². The van der Waals surface area contributed by atoms with E-state index in [1.165, 1.54) is 18.2 Å². The quantitative estimate of drug-likeness (QED) is 0.631. The summed E-state index contributed by atoms with van der Waals surface area (Å²) in [4.78, 5) is 0. The van der Waals surface area contributed by atoms with Crippen molar-refractivity contribution >= 4 is 23.5 Å². The Bertz CT molecular complexity index is 589. The summed E-state index contributed by atoms with van der Waals surface area (Å²) < 4.78 is 25.8. The molecular formula is C14H12F2N2. The molecule has 92 valence electrons. The van der Waals surface area contributed by atoms with Crippen LogP contribution in [-0.2, 0) is 0 Å². The summed E-state index contributed by atoms with van der Waals surface area (Å²) in [5.41, 5.74) is 12.8. The van der Waals surface area contributed by atoms with Crippen molar-refractivity contribution < 1.29 is 8.78 Å². The van der Waals surface area contributed by atoms with Crippen molar-refractivity contribution in [2.75, 3.05) is 11.5 Å². The van der Waals surface area contributed by atoms with Crippen LogP contribution in [0.2, 0.25) is 0 Å². The number of benzene rings is 2. The maximum Gasteiger partial charge on any atom is 0.148 e. The van der Waals surface area contributed by atoms with Gasteiger partial charge in [-0.3, -0.25) is 0 Å². The van der Waals surface area contributed by atoms with Crippen molar-refractivity contribution in [2.24, 2.45) is 0 Å². The molecule has 0 aliphatic heterocycles.